The normalized spacial score (nSPS) is 17.0. The van der Waals surface area contributed by atoms with Gasteiger partial charge in [0.05, 0.1) is 30.7 Å². The number of ether oxygens (including phenoxy) is 1. The summed E-state index contributed by atoms with van der Waals surface area (Å²) in [5.74, 6) is 0.732. The number of aromatic amines is 1. The van der Waals surface area contributed by atoms with Crippen LogP contribution in [-0.2, 0) is 4.74 Å². The minimum atomic E-state index is -0.306. The van der Waals surface area contributed by atoms with Crippen LogP contribution in [0.15, 0.2) is 41.1 Å². The van der Waals surface area contributed by atoms with Crippen molar-refractivity contribution in [3.8, 4) is 11.3 Å². The average Bonchev–Trinajstić information content (AvgIpc) is 3.59. The minimum Gasteiger partial charge on any atom is -0.422 e. The second-order valence-corrected chi connectivity index (χ2v) is 8.92. The highest BCUT2D eigenvalue weighted by Gasteiger charge is 2.26. The van der Waals surface area contributed by atoms with Crippen LogP contribution >= 0.6 is 0 Å². The summed E-state index contributed by atoms with van der Waals surface area (Å²) in [6, 6.07) is 7.71. The number of piperazine rings is 1. The third-order valence-electron chi connectivity index (χ3n) is 6.47. The lowest BCUT2D eigenvalue weighted by Crippen LogP contribution is -2.45. The molecule has 0 unspecified atom stereocenters. The maximum absolute atomic E-state index is 13.6. The Morgan fingerprint density at radius 1 is 1.03 bits per heavy atom. The molecule has 1 amide bonds. The second-order valence-electron chi connectivity index (χ2n) is 8.92. The van der Waals surface area contributed by atoms with Crippen molar-refractivity contribution >= 4 is 34.8 Å². The average molecular weight is 490 g/mol. The number of pyridine rings is 2. The van der Waals surface area contributed by atoms with Crippen LogP contribution in [0.5, 0.6) is 0 Å². The third-order valence-corrected chi connectivity index (χ3v) is 6.47. The molecule has 0 radical (unpaired) electrons. The molecule has 2 aliphatic heterocycles. The molecule has 6 heterocycles. The summed E-state index contributed by atoms with van der Waals surface area (Å²) in [5.41, 5.74) is 2.93. The lowest BCUT2D eigenvalue weighted by atomic mass is 10.2. The zero-order valence-electron chi connectivity index (χ0n) is 20.0. The fraction of sp³-hybridized carbons (Fsp3) is 0.375. The monoisotopic (exact) mass is 489 g/mol. The van der Waals surface area contributed by atoms with Gasteiger partial charge in [-0.25, -0.2) is 9.97 Å². The molecule has 12 nitrogen and oxygen atoms in total. The Labute approximate surface area is 207 Å². The Balaban J connectivity index is 1.34. The molecule has 6 rings (SSSR count). The summed E-state index contributed by atoms with van der Waals surface area (Å²) in [6.07, 6.45) is 3.44. The largest absolute Gasteiger partial charge is 0.422 e. The molecular formula is C24H27N9O3. The van der Waals surface area contributed by atoms with Gasteiger partial charge in [0.15, 0.2) is 5.58 Å². The van der Waals surface area contributed by atoms with Crippen LogP contribution in [0.2, 0.25) is 0 Å². The molecule has 0 aliphatic carbocycles. The fourth-order valence-electron chi connectivity index (χ4n) is 4.40. The minimum absolute atomic E-state index is 0.306. The Kier molecular flexibility index (Phi) is 5.95. The van der Waals surface area contributed by atoms with Crippen molar-refractivity contribution in [2.75, 3.05) is 74.6 Å². The molecule has 2 saturated heterocycles. The number of aromatic nitrogens is 5. The molecule has 0 aromatic carbocycles. The van der Waals surface area contributed by atoms with Gasteiger partial charge in [0.25, 0.3) is 11.9 Å². The molecule has 2 N–H and O–H groups in total. The smallest absolute Gasteiger partial charge is 0.300 e. The number of anilines is 3. The lowest BCUT2D eigenvalue weighted by molar-refractivity contribution is 0.102. The van der Waals surface area contributed by atoms with E-state index in [1.807, 2.05) is 17.0 Å². The number of nitrogens with zero attached hydrogens (tertiary/aromatic N) is 7. The van der Waals surface area contributed by atoms with E-state index >= 15 is 0 Å². The first kappa shape index (κ1) is 22.4. The van der Waals surface area contributed by atoms with E-state index in [0.717, 1.165) is 31.7 Å². The van der Waals surface area contributed by atoms with Crippen molar-refractivity contribution in [3.63, 3.8) is 0 Å². The van der Waals surface area contributed by atoms with E-state index in [-0.39, 0.29) is 5.91 Å². The molecule has 186 valence electrons. The molecule has 2 aliphatic rings. The molecule has 0 bridgehead atoms. The van der Waals surface area contributed by atoms with E-state index in [9.17, 15) is 4.79 Å². The van der Waals surface area contributed by atoms with Crippen LogP contribution in [-0.4, -0.2) is 95.5 Å². The zero-order chi connectivity index (χ0) is 24.5. The number of oxazole rings is 1. The van der Waals surface area contributed by atoms with Crippen molar-refractivity contribution in [3.05, 3.63) is 42.2 Å². The predicted molar refractivity (Wildman–Crippen MR) is 134 cm³/mol. The quantitative estimate of drug-likeness (QED) is 0.428. The third kappa shape index (κ3) is 4.48. The highest BCUT2D eigenvalue weighted by Crippen LogP contribution is 2.29. The topological polar surface area (TPSA) is 129 Å². The maximum Gasteiger partial charge on any atom is 0.300 e. The summed E-state index contributed by atoms with van der Waals surface area (Å²) in [4.78, 5) is 34.0. The van der Waals surface area contributed by atoms with Gasteiger partial charge in [-0.3, -0.25) is 9.89 Å². The number of carbonyl (C=O) groups is 1. The van der Waals surface area contributed by atoms with E-state index < -0.39 is 0 Å². The summed E-state index contributed by atoms with van der Waals surface area (Å²) < 4.78 is 11.5. The van der Waals surface area contributed by atoms with E-state index in [4.69, 9.17) is 14.1 Å². The molecule has 36 heavy (non-hydrogen) atoms. The van der Waals surface area contributed by atoms with Crippen molar-refractivity contribution in [1.82, 2.24) is 30.0 Å². The number of rotatable bonds is 5. The zero-order valence-corrected chi connectivity index (χ0v) is 20.0. The number of nitrogens with one attached hydrogen (secondary N) is 2. The molecule has 2 fully saturated rings. The summed E-state index contributed by atoms with van der Waals surface area (Å²) in [7, 11) is 2.09. The van der Waals surface area contributed by atoms with Crippen molar-refractivity contribution < 1.29 is 13.9 Å². The first-order chi connectivity index (χ1) is 17.6. The molecule has 4 aromatic rings. The van der Waals surface area contributed by atoms with E-state index in [0.29, 0.717) is 66.4 Å². The molecular weight excluding hydrogens is 462 g/mol. The van der Waals surface area contributed by atoms with Gasteiger partial charge in [-0.2, -0.15) is 10.1 Å². The first-order valence-electron chi connectivity index (χ1n) is 12.0. The highest BCUT2D eigenvalue weighted by atomic mass is 16.5. The van der Waals surface area contributed by atoms with Gasteiger partial charge in [0.2, 0.25) is 5.65 Å². The van der Waals surface area contributed by atoms with Gasteiger partial charge in [-0.05, 0) is 19.2 Å². The van der Waals surface area contributed by atoms with Gasteiger partial charge in [0, 0.05) is 57.1 Å². The van der Waals surface area contributed by atoms with Crippen LogP contribution < -0.4 is 15.1 Å². The summed E-state index contributed by atoms with van der Waals surface area (Å²) in [6.45, 7) is 5.93. The van der Waals surface area contributed by atoms with Crippen LogP contribution in [0.1, 0.15) is 10.4 Å². The van der Waals surface area contributed by atoms with Crippen molar-refractivity contribution in [2.45, 2.75) is 0 Å². The number of hydrogen-bond donors (Lipinski definition) is 2. The fourth-order valence-corrected chi connectivity index (χ4v) is 4.40. The van der Waals surface area contributed by atoms with E-state index in [1.54, 1.807) is 24.5 Å². The highest BCUT2D eigenvalue weighted by molar-refractivity contribution is 6.08. The predicted octanol–water partition coefficient (Wildman–Crippen LogP) is 1.85. The number of carbonyl (C=O) groups excluding carboxylic acids is 1. The Morgan fingerprint density at radius 3 is 2.64 bits per heavy atom. The van der Waals surface area contributed by atoms with Crippen LogP contribution in [0.4, 0.5) is 17.7 Å². The van der Waals surface area contributed by atoms with Gasteiger partial charge < -0.3 is 29.2 Å². The number of hydrogen-bond acceptors (Lipinski definition) is 10. The van der Waals surface area contributed by atoms with Gasteiger partial charge >= 0.3 is 0 Å². The second kappa shape index (κ2) is 9.55. The van der Waals surface area contributed by atoms with Crippen LogP contribution in [0.25, 0.3) is 22.5 Å². The molecule has 0 atom stereocenters. The number of H-pyrrole nitrogens is 1. The van der Waals surface area contributed by atoms with E-state index in [1.165, 1.54) is 0 Å². The Morgan fingerprint density at radius 2 is 1.86 bits per heavy atom. The van der Waals surface area contributed by atoms with E-state index in [2.05, 4.69) is 42.3 Å². The summed E-state index contributed by atoms with van der Waals surface area (Å²) >= 11 is 0. The molecule has 12 heteroatoms. The van der Waals surface area contributed by atoms with Gasteiger partial charge in [-0.1, -0.05) is 6.07 Å². The number of amides is 1. The number of morpholine rings is 1. The Bertz CT molecular complexity index is 1360. The van der Waals surface area contributed by atoms with Crippen LogP contribution in [0, 0.1) is 0 Å². The molecule has 0 spiro atoms. The first-order valence-corrected chi connectivity index (χ1v) is 12.0. The standard InChI is InChI=1S/C24H27N9O3/c1-31-5-7-32(8-6-31)22-17(13-19-21(29-22)30-24(36-19)33-9-11-35-12-10-33)23(34)28-20-4-2-3-18(27-20)16-14-25-26-15-16/h2-4,13-15H,5-12H2,1H3,(H,25,26)(H,27,28,34). The van der Waals surface area contributed by atoms with Crippen LogP contribution in [0.3, 0.4) is 0 Å². The van der Waals surface area contributed by atoms with Gasteiger partial charge in [0.1, 0.15) is 11.6 Å². The van der Waals surface area contributed by atoms with Crippen molar-refractivity contribution in [2.24, 2.45) is 0 Å². The lowest BCUT2D eigenvalue weighted by Gasteiger charge is -2.33. The number of likely N-dealkylation sites (N-methyl/N-ethyl adjacent to an activating group) is 1. The van der Waals surface area contributed by atoms with Crippen molar-refractivity contribution in [1.29, 1.82) is 0 Å². The molecule has 4 aromatic heterocycles. The number of fused-ring (bicyclic) bond motifs is 1. The Hall–Kier alpha value is -4.03. The maximum atomic E-state index is 13.6. The molecule has 0 saturated carbocycles. The summed E-state index contributed by atoms with van der Waals surface area (Å²) in [5, 5.41) is 9.69. The SMILES string of the molecule is CN1CCN(c2nc3nc(N4CCOCC4)oc3cc2C(=O)Nc2cccc(-c3cn[nH]c3)n2)CC1. The van der Waals surface area contributed by atoms with Gasteiger partial charge in [-0.15, -0.1) is 0 Å².